The van der Waals surface area contributed by atoms with E-state index in [1.54, 1.807) is 0 Å². The summed E-state index contributed by atoms with van der Waals surface area (Å²) in [5, 5.41) is 4.18. The summed E-state index contributed by atoms with van der Waals surface area (Å²) in [5.41, 5.74) is 6.57. The standard InChI is InChI=1S/C8H15N3S/c1-2-12-4-3-11-7-8(5-9)6-10-11/h6-7H,2-5,9H2,1H3. The lowest BCUT2D eigenvalue weighted by Gasteiger charge is -1.98. The van der Waals surface area contributed by atoms with Gasteiger partial charge in [0.2, 0.25) is 0 Å². The third-order valence-corrected chi connectivity index (χ3v) is 2.47. The van der Waals surface area contributed by atoms with Gasteiger partial charge in [0.25, 0.3) is 0 Å². The van der Waals surface area contributed by atoms with Gasteiger partial charge in [-0.2, -0.15) is 16.9 Å². The van der Waals surface area contributed by atoms with Gasteiger partial charge in [-0.1, -0.05) is 6.92 Å². The van der Waals surface area contributed by atoms with Gasteiger partial charge in [0.15, 0.2) is 0 Å². The number of hydrogen-bond acceptors (Lipinski definition) is 3. The maximum absolute atomic E-state index is 5.46. The van der Waals surface area contributed by atoms with E-state index in [0.717, 1.165) is 17.9 Å². The van der Waals surface area contributed by atoms with Gasteiger partial charge in [-0.15, -0.1) is 0 Å². The van der Waals surface area contributed by atoms with Gasteiger partial charge in [-0.3, -0.25) is 4.68 Å². The number of hydrogen-bond donors (Lipinski definition) is 1. The predicted octanol–water partition coefficient (Wildman–Crippen LogP) is 1.09. The molecule has 0 radical (unpaired) electrons. The lowest BCUT2D eigenvalue weighted by Crippen LogP contribution is -2.01. The predicted molar refractivity (Wildman–Crippen MR) is 53.1 cm³/mol. The Kier molecular flexibility index (Phi) is 4.18. The highest BCUT2D eigenvalue weighted by Gasteiger charge is 1.95. The lowest BCUT2D eigenvalue weighted by atomic mass is 10.4. The van der Waals surface area contributed by atoms with Gasteiger partial charge in [-0.05, 0) is 5.75 Å². The summed E-state index contributed by atoms with van der Waals surface area (Å²) in [4.78, 5) is 0. The second-order valence-electron chi connectivity index (χ2n) is 2.51. The molecule has 0 atom stereocenters. The molecule has 0 aromatic carbocycles. The van der Waals surface area contributed by atoms with Crippen molar-refractivity contribution in [2.45, 2.75) is 20.0 Å². The van der Waals surface area contributed by atoms with Crippen LogP contribution in [0.2, 0.25) is 0 Å². The van der Waals surface area contributed by atoms with Crippen molar-refractivity contribution in [1.82, 2.24) is 9.78 Å². The molecular weight excluding hydrogens is 170 g/mol. The molecule has 1 aromatic heterocycles. The second-order valence-corrected chi connectivity index (χ2v) is 3.91. The van der Waals surface area contributed by atoms with Crippen molar-refractivity contribution < 1.29 is 0 Å². The summed E-state index contributed by atoms with van der Waals surface area (Å²) in [6.07, 6.45) is 3.84. The number of nitrogens with zero attached hydrogens (tertiary/aromatic N) is 2. The first-order valence-electron chi connectivity index (χ1n) is 4.16. The molecule has 0 bridgehead atoms. The number of aryl methyl sites for hydroxylation is 1. The molecule has 68 valence electrons. The van der Waals surface area contributed by atoms with Crippen LogP contribution < -0.4 is 5.73 Å². The normalized spacial score (nSPS) is 10.5. The zero-order valence-electron chi connectivity index (χ0n) is 7.36. The van der Waals surface area contributed by atoms with E-state index in [-0.39, 0.29) is 0 Å². The van der Waals surface area contributed by atoms with E-state index in [1.165, 1.54) is 5.75 Å². The maximum Gasteiger partial charge on any atom is 0.0534 e. The SMILES string of the molecule is CCSCCn1cc(CN)cn1. The van der Waals surface area contributed by atoms with E-state index in [1.807, 2.05) is 28.8 Å². The molecule has 1 rings (SSSR count). The fourth-order valence-electron chi connectivity index (χ4n) is 0.937. The topological polar surface area (TPSA) is 43.8 Å². The van der Waals surface area contributed by atoms with Crippen molar-refractivity contribution >= 4 is 11.8 Å². The smallest absolute Gasteiger partial charge is 0.0534 e. The van der Waals surface area contributed by atoms with Crippen LogP contribution in [0.15, 0.2) is 12.4 Å². The second kappa shape index (κ2) is 5.22. The number of rotatable bonds is 5. The molecule has 0 unspecified atom stereocenters. The van der Waals surface area contributed by atoms with Gasteiger partial charge in [-0.25, -0.2) is 0 Å². The molecule has 0 aliphatic heterocycles. The minimum atomic E-state index is 0.584. The van der Waals surface area contributed by atoms with Crippen LogP contribution in [0.3, 0.4) is 0 Å². The Bertz CT molecular complexity index is 222. The van der Waals surface area contributed by atoms with E-state index < -0.39 is 0 Å². The monoisotopic (exact) mass is 185 g/mol. The summed E-state index contributed by atoms with van der Waals surface area (Å²) in [7, 11) is 0. The molecule has 0 spiro atoms. The van der Waals surface area contributed by atoms with Crippen LogP contribution >= 0.6 is 11.8 Å². The Morgan fingerprint density at radius 3 is 3.08 bits per heavy atom. The van der Waals surface area contributed by atoms with Crippen molar-refractivity contribution in [3.05, 3.63) is 18.0 Å². The molecule has 2 N–H and O–H groups in total. The van der Waals surface area contributed by atoms with Crippen molar-refractivity contribution in [2.75, 3.05) is 11.5 Å². The maximum atomic E-state index is 5.46. The number of aromatic nitrogens is 2. The van der Waals surface area contributed by atoms with Crippen molar-refractivity contribution in [1.29, 1.82) is 0 Å². The van der Waals surface area contributed by atoms with Crippen molar-refractivity contribution in [3.8, 4) is 0 Å². The fraction of sp³-hybridized carbons (Fsp3) is 0.625. The highest BCUT2D eigenvalue weighted by molar-refractivity contribution is 7.99. The minimum absolute atomic E-state index is 0.584. The van der Waals surface area contributed by atoms with Crippen LogP contribution in [-0.4, -0.2) is 21.3 Å². The molecule has 1 aromatic rings. The molecule has 0 amide bonds. The summed E-state index contributed by atoms with van der Waals surface area (Å²) >= 11 is 1.93. The third kappa shape index (κ3) is 2.87. The van der Waals surface area contributed by atoms with Crippen LogP contribution in [0.5, 0.6) is 0 Å². The Morgan fingerprint density at radius 2 is 2.50 bits per heavy atom. The Morgan fingerprint density at radius 1 is 1.67 bits per heavy atom. The lowest BCUT2D eigenvalue weighted by molar-refractivity contribution is 0.666. The summed E-state index contributed by atoms with van der Waals surface area (Å²) in [5.74, 6) is 2.30. The Hall–Kier alpha value is -0.480. The molecule has 12 heavy (non-hydrogen) atoms. The van der Waals surface area contributed by atoms with Crippen molar-refractivity contribution in [2.24, 2.45) is 5.73 Å². The van der Waals surface area contributed by atoms with Gasteiger partial charge < -0.3 is 5.73 Å². The Balaban J connectivity index is 2.31. The van der Waals surface area contributed by atoms with E-state index in [4.69, 9.17) is 5.73 Å². The van der Waals surface area contributed by atoms with Crippen LogP contribution in [0.25, 0.3) is 0 Å². The summed E-state index contributed by atoms with van der Waals surface area (Å²) in [6, 6.07) is 0. The third-order valence-electron chi connectivity index (χ3n) is 1.59. The zero-order valence-corrected chi connectivity index (χ0v) is 8.18. The molecule has 0 fully saturated rings. The van der Waals surface area contributed by atoms with Gasteiger partial charge in [0, 0.05) is 30.6 Å². The quantitative estimate of drug-likeness (QED) is 0.698. The van der Waals surface area contributed by atoms with Crippen LogP contribution in [-0.2, 0) is 13.1 Å². The largest absolute Gasteiger partial charge is 0.326 e. The first-order chi connectivity index (χ1) is 5.86. The molecule has 4 heteroatoms. The van der Waals surface area contributed by atoms with E-state index >= 15 is 0 Å². The molecule has 0 aliphatic carbocycles. The highest BCUT2D eigenvalue weighted by atomic mass is 32.2. The Labute approximate surface area is 77.3 Å². The molecule has 1 heterocycles. The average molecular weight is 185 g/mol. The molecule has 3 nitrogen and oxygen atoms in total. The van der Waals surface area contributed by atoms with E-state index in [9.17, 15) is 0 Å². The highest BCUT2D eigenvalue weighted by Crippen LogP contribution is 2.01. The summed E-state index contributed by atoms with van der Waals surface area (Å²) in [6.45, 7) is 3.73. The van der Waals surface area contributed by atoms with Crippen molar-refractivity contribution in [3.63, 3.8) is 0 Å². The minimum Gasteiger partial charge on any atom is -0.326 e. The van der Waals surface area contributed by atoms with Crippen LogP contribution in [0.4, 0.5) is 0 Å². The average Bonchev–Trinajstić information content (AvgIpc) is 2.53. The van der Waals surface area contributed by atoms with Gasteiger partial charge >= 0.3 is 0 Å². The zero-order chi connectivity index (χ0) is 8.81. The molecular formula is C8H15N3S. The number of thioether (sulfide) groups is 1. The molecule has 0 saturated carbocycles. The van der Waals surface area contributed by atoms with Gasteiger partial charge in [0.05, 0.1) is 6.20 Å². The van der Waals surface area contributed by atoms with E-state index in [0.29, 0.717) is 6.54 Å². The van der Waals surface area contributed by atoms with E-state index in [2.05, 4.69) is 12.0 Å². The first-order valence-corrected chi connectivity index (χ1v) is 5.31. The molecule has 0 saturated heterocycles. The van der Waals surface area contributed by atoms with Gasteiger partial charge in [0.1, 0.15) is 0 Å². The van der Waals surface area contributed by atoms with Crippen LogP contribution in [0, 0.1) is 0 Å². The first kappa shape index (κ1) is 9.61. The molecule has 0 aliphatic rings. The number of nitrogens with two attached hydrogens (primary N) is 1. The fourth-order valence-corrected chi connectivity index (χ4v) is 1.54. The summed E-state index contributed by atoms with van der Waals surface area (Å²) < 4.78 is 1.95. The van der Waals surface area contributed by atoms with Crippen LogP contribution in [0.1, 0.15) is 12.5 Å².